The molecule has 0 amide bonds. The molecule has 0 aromatic carbocycles. The molecule has 1 heterocycles. The molecular formula is C6H8N2O. The summed E-state index contributed by atoms with van der Waals surface area (Å²) in [5.74, 6) is 0. The second-order valence-corrected chi connectivity index (χ2v) is 1.57. The first-order chi connectivity index (χ1) is 4.38. The predicted molar refractivity (Wildman–Crippen MR) is 36.1 cm³/mol. The molecule has 0 radical (unpaired) electrons. The Bertz CT molecular complexity index is 205. The van der Waals surface area contributed by atoms with Gasteiger partial charge in [-0.25, -0.2) is 0 Å². The monoisotopic (exact) mass is 124 g/mol. The van der Waals surface area contributed by atoms with E-state index in [9.17, 15) is 0 Å². The van der Waals surface area contributed by atoms with Crippen LogP contribution in [0.3, 0.4) is 0 Å². The highest BCUT2D eigenvalue weighted by atomic mass is 16.5. The normalized spacial score (nSPS) is 9.00. The maximum Gasteiger partial charge on any atom is 0.147 e. The second kappa shape index (κ2) is 2.35. The van der Waals surface area contributed by atoms with Gasteiger partial charge in [-0.3, -0.25) is 0 Å². The summed E-state index contributed by atoms with van der Waals surface area (Å²) in [5.41, 5.74) is 1.61. The first-order valence-corrected chi connectivity index (χ1v) is 2.63. The minimum absolute atomic E-state index is 0.748. The Morgan fingerprint density at radius 1 is 1.89 bits per heavy atom. The van der Waals surface area contributed by atoms with Crippen LogP contribution in [0.15, 0.2) is 17.4 Å². The van der Waals surface area contributed by atoms with Gasteiger partial charge in [0, 0.05) is 7.05 Å². The van der Waals surface area contributed by atoms with E-state index in [-0.39, 0.29) is 0 Å². The van der Waals surface area contributed by atoms with Gasteiger partial charge in [0.1, 0.15) is 17.6 Å². The molecule has 0 aliphatic carbocycles. The van der Waals surface area contributed by atoms with Gasteiger partial charge in [-0.05, 0) is 6.08 Å². The van der Waals surface area contributed by atoms with E-state index in [4.69, 9.17) is 0 Å². The van der Waals surface area contributed by atoms with Gasteiger partial charge in [0.05, 0.1) is 0 Å². The first-order valence-electron chi connectivity index (χ1n) is 2.63. The highest BCUT2D eigenvalue weighted by Gasteiger charge is 1.98. The Hall–Kier alpha value is -1.25. The molecule has 1 aromatic rings. The largest absolute Gasteiger partial charge is 0.384 e. The number of nitrogens with zero attached hydrogens (tertiary/aromatic N) is 1. The minimum atomic E-state index is 0.748. The summed E-state index contributed by atoms with van der Waals surface area (Å²) >= 11 is 0. The number of nitrogens with one attached hydrogen (secondary N) is 1. The quantitative estimate of drug-likeness (QED) is 0.646. The number of rotatable bonds is 2. The van der Waals surface area contributed by atoms with Crippen LogP contribution in [0.1, 0.15) is 5.69 Å². The zero-order chi connectivity index (χ0) is 6.69. The van der Waals surface area contributed by atoms with Crippen molar-refractivity contribution in [1.82, 2.24) is 5.16 Å². The standard InChI is InChI=1S/C6H8N2O/c1-3-5-6(7-2)4-9-8-5/h3-4,7H,1H2,2H3. The molecule has 1 N–H and O–H groups in total. The fraction of sp³-hybridized carbons (Fsp3) is 0.167. The van der Waals surface area contributed by atoms with Crippen LogP contribution in [0.4, 0.5) is 5.69 Å². The molecule has 48 valence electrons. The zero-order valence-electron chi connectivity index (χ0n) is 5.22. The molecule has 0 aliphatic heterocycles. The number of hydrogen-bond acceptors (Lipinski definition) is 3. The maximum absolute atomic E-state index is 4.64. The van der Waals surface area contributed by atoms with E-state index in [0.717, 1.165) is 11.4 Å². The Kier molecular flexibility index (Phi) is 1.53. The summed E-state index contributed by atoms with van der Waals surface area (Å²) in [4.78, 5) is 0. The van der Waals surface area contributed by atoms with E-state index in [2.05, 4.69) is 21.6 Å². The topological polar surface area (TPSA) is 38.1 Å². The average molecular weight is 124 g/mol. The van der Waals surface area contributed by atoms with E-state index >= 15 is 0 Å². The molecule has 0 saturated carbocycles. The summed E-state index contributed by atoms with van der Waals surface area (Å²) in [6, 6.07) is 0. The van der Waals surface area contributed by atoms with Crippen molar-refractivity contribution >= 4 is 11.8 Å². The number of hydrogen-bond donors (Lipinski definition) is 1. The molecule has 3 heteroatoms. The van der Waals surface area contributed by atoms with Crippen molar-refractivity contribution in [3.05, 3.63) is 18.5 Å². The SMILES string of the molecule is C=Cc1nocc1NC. The molecule has 9 heavy (non-hydrogen) atoms. The summed E-state index contributed by atoms with van der Waals surface area (Å²) in [6.07, 6.45) is 3.17. The summed E-state index contributed by atoms with van der Waals surface area (Å²) < 4.78 is 4.64. The lowest BCUT2D eigenvalue weighted by atomic mass is 10.4. The fourth-order valence-corrected chi connectivity index (χ4v) is 0.580. The summed E-state index contributed by atoms with van der Waals surface area (Å²) in [7, 11) is 1.81. The van der Waals surface area contributed by atoms with Crippen molar-refractivity contribution in [1.29, 1.82) is 0 Å². The third-order valence-electron chi connectivity index (χ3n) is 1.06. The molecule has 3 nitrogen and oxygen atoms in total. The fourth-order valence-electron chi connectivity index (χ4n) is 0.580. The zero-order valence-corrected chi connectivity index (χ0v) is 5.22. The van der Waals surface area contributed by atoms with E-state index < -0.39 is 0 Å². The van der Waals surface area contributed by atoms with Gasteiger partial charge in [-0.1, -0.05) is 11.7 Å². The number of aromatic nitrogens is 1. The molecule has 0 bridgehead atoms. The Labute approximate surface area is 53.4 Å². The lowest BCUT2D eigenvalue weighted by molar-refractivity contribution is 0.418. The minimum Gasteiger partial charge on any atom is -0.384 e. The van der Waals surface area contributed by atoms with Crippen LogP contribution in [0.25, 0.3) is 6.08 Å². The molecular weight excluding hydrogens is 116 g/mol. The van der Waals surface area contributed by atoms with E-state index in [0.29, 0.717) is 0 Å². The van der Waals surface area contributed by atoms with Gasteiger partial charge in [0.15, 0.2) is 0 Å². The molecule has 0 spiro atoms. The Morgan fingerprint density at radius 2 is 2.67 bits per heavy atom. The van der Waals surface area contributed by atoms with Gasteiger partial charge in [-0.15, -0.1) is 0 Å². The highest BCUT2D eigenvalue weighted by molar-refractivity contribution is 5.59. The smallest absolute Gasteiger partial charge is 0.147 e. The van der Waals surface area contributed by atoms with Crippen LogP contribution >= 0.6 is 0 Å². The van der Waals surface area contributed by atoms with Crippen LogP contribution in [0, 0.1) is 0 Å². The third-order valence-corrected chi connectivity index (χ3v) is 1.06. The molecule has 0 atom stereocenters. The van der Waals surface area contributed by atoms with Gasteiger partial charge < -0.3 is 9.84 Å². The van der Waals surface area contributed by atoms with Gasteiger partial charge in [-0.2, -0.15) is 0 Å². The average Bonchev–Trinajstić information content (AvgIpc) is 2.33. The lowest BCUT2D eigenvalue weighted by Crippen LogP contribution is -1.86. The third kappa shape index (κ3) is 0.937. The molecule has 1 rings (SSSR count). The molecule has 0 unspecified atom stereocenters. The summed E-state index contributed by atoms with van der Waals surface area (Å²) in [6.45, 7) is 3.55. The van der Waals surface area contributed by atoms with Crippen LogP contribution in [-0.4, -0.2) is 12.2 Å². The Morgan fingerprint density at radius 3 is 3.11 bits per heavy atom. The number of anilines is 1. The van der Waals surface area contributed by atoms with E-state index in [1.165, 1.54) is 6.26 Å². The molecule has 0 fully saturated rings. The first kappa shape index (κ1) is 5.88. The van der Waals surface area contributed by atoms with Crippen molar-refractivity contribution in [3.63, 3.8) is 0 Å². The highest BCUT2D eigenvalue weighted by Crippen LogP contribution is 2.12. The van der Waals surface area contributed by atoms with Crippen molar-refractivity contribution in [2.24, 2.45) is 0 Å². The van der Waals surface area contributed by atoms with Crippen LogP contribution < -0.4 is 5.32 Å². The van der Waals surface area contributed by atoms with Gasteiger partial charge in [0.2, 0.25) is 0 Å². The van der Waals surface area contributed by atoms with E-state index in [1.54, 1.807) is 13.1 Å². The van der Waals surface area contributed by atoms with Crippen molar-refractivity contribution in [2.45, 2.75) is 0 Å². The van der Waals surface area contributed by atoms with Crippen LogP contribution in [-0.2, 0) is 0 Å². The van der Waals surface area contributed by atoms with Crippen molar-refractivity contribution in [3.8, 4) is 0 Å². The van der Waals surface area contributed by atoms with Crippen molar-refractivity contribution in [2.75, 3.05) is 12.4 Å². The van der Waals surface area contributed by atoms with Crippen LogP contribution in [0.2, 0.25) is 0 Å². The predicted octanol–water partition coefficient (Wildman–Crippen LogP) is 1.36. The van der Waals surface area contributed by atoms with Crippen molar-refractivity contribution < 1.29 is 4.52 Å². The second-order valence-electron chi connectivity index (χ2n) is 1.57. The van der Waals surface area contributed by atoms with E-state index in [1.807, 2.05) is 0 Å². The Balaban J connectivity index is 2.98. The summed E-state index contributed by atoms with van der Waals surface area (Å²) in [5, 5.41) is 6.55. The maximum atomic E-state index is 4.64. The molecule has 1 aromatic heterocycles. The molecule has 0 aliphatic rings. The molecule has 0 saturated heterocycles. The van der Waals surface area contributed by atoms with Gasteiger partial charge >= 0.3 is 0 Å². The van der Waals surface area contributed by atoms with Gasteiger partial charge in [0.25, 0.3) is 0 Å². The van der Waals surface area contributed by atoms with Crippen LogP contribution in [0.5, 0.6) is 0 Å². The lowest BCUT2D eigenvalue weighted by Gasteiger charge is -1.89.